The molecule has 2 aromatic carbocycles. The summed E-state index contributed by atoms with van der Waals surface area (Å²) in [5.41, 5.74) is 2.50. The highest BCUT2D eigenvalue weighted by molar-refractivity contribution is 9.10. The lowest BCUT2D eigenvalue weighted by Crippen LogP contribution is -2.35. The van der Waals surface area contributed by atoms with Crippen LogP contribution in [0.15, 0.2) is 62.5 Å². The summed E-state index contributed by atoms with van der Waals surface area (Å²) in [6.07, 6.45) is 1.33. The van der Waals surface area contributed by atoms with Crippen LogP contribution in [0.25, 0.3) is 10.8 Å². The average Bonchev–Trinajstić information content (AvgIpc) is 3.06. The molecule has 3 rings (SSSR count). The van der Waals surface area contributed by atoms with Gasteiger partial charge in [-0.3, -0.25) is 4.79 Å². The van der Waals surface area contributed by atoms with Gasteiger partial charge in [0, 0.05) is 0 Å². The molecule has 0 bridgehead atoms. The van der Waals surface area contributed by atoms with Crippen LogP contribution in [0.4, 0.5) is 0 Å². The van der Waals surface area contributed by atoms with Gasteiger partial charge in [-0.05, 0) is 58.2 Å². The molecule has 0 radical (unpaired) electrons. The molecule has 0 unspecified atom stereocenters. The van der Waals surface area contributed by atoms with Crippen LogP contribution in [0.1, 0.15) is 24.9 Å². The van der Waals surface area contributed by atoms with Crippen LogP contribution in [0.3, 0.4) is 0 Å². The molecule has 0 fully saturated rings. The lowest BCUT2D eigenvalue weighted by molar-refractivity contribution is -0.128. The molecule has 1 atom stereocenters. The van der Waals surface area contributed by atoms with Gasteiger partial charge in [-0.25, -0.2) is 5.43 Å². The quantitative estimate of drug-likeness (QED) is 0.464. The predicted octanol–water partition coefficient (Wildman–Crippen LogP) is 4.81. The van der Waals surface area contributed by atoms with E-state index in [9.17, 15) is 4.79 Å². The van der Waals surface area contributed by atoms with Gasteiger partial charge in [-0.15, -0.1) is 0 Å². The van der Waals surface area contributed by atoms with E-state index in [-0.39, 0.29) is 5.91 Å². The fourth-order valence-electron chi connectivity index (χ4n) is 2.53. The van der Waals surface area contributed by atoms with E-state index in [4.69, 9.17) is 9.15 Å². The van der Waals surface area contributed by atoms with Gasteiger partial charge in [0.05, 0.1) is 10.7 Å². The van der Waals surface area contributed by atoms with E-state index in [1.54, 1.807) is 6.07 Å². The molecular weight excluding hydrogens is 396 g/mol. The summed E-state index contributed by atoms with van der Waals surface area (Å²) in [7, 11) is 0. The minimum atomic E-state index is -0.650. The number of hydrogen-bond donors (Lipinski definition) is 1. The molecule has 5 nitrogen and oxygen atoms in total. The van der Waals surface area contributed by atoms with Crippen molar-refractivity contribution < 1.29 is 13.9 Å². The first-order valence-electron chi connectivity index (χ1n) is 8.31. The van der Waals surface area contributed by atoms with Gasteiger partial charge in [-0.2, -0.15) is 5.10 Å². The van der Waals surface area contributed by atoms with Crippen LogP contribution < -0.4 is 10.2 Å². The van der Waals surface area contributed by atoms with E-state index < -0.39 is 6.10 Å². The first kappa shape index (κ1) is 18.2. The van der Waals surface area contributed by atoms with Gasteiger partial charge in [0.1, 0.15) is 17.3 Å². The number of amides is 1. The number of fused-ring (bicyclic) bond motifs is 1. The van der Waals surface area contributed by atoms with Crippen molar-refractivity contribution in [1.29, 1.82) is 0 Å². The number of halogens is 1. The Balaban J connectivity index is 1.69. The van der Waals surface area contributed by atoms with E-state index in [0.717, 1.165) is 21.0 Å². The summed E-state index contributed by atoms with van der Waals surface area (Å²) < 4.78 is 12.1. The molecule has 3 aromatic rings. The summed E-state index contributed by atoms with van der Waals surface area (Å²) >= 11 is 3.58. The molecule has 0 spiro atoms. The lowest BCUT2D eigenvalue weighted by Gasteiger charge is -2.17. The Bertz CT molecular complexity index is 949. The Morgan fingerprint density at radius 3 is 2.81 bits per heavy atom. The Morgan fingerprint density at radius 1 is 1.27 bits per heavy atom. The summed E-state index contributed by atoms with van der Waals surface area (Å²) in [5, 5.41) is 6.06. The van der Waals surface area contributed by atoms with Gasteiger partial charge < -0.3 is 9.15 Å². The maximum Gasteiger partial charge on any atom is 0.281 e. The number of carbonyl (C=O) groups excluding carboxylic acids is 1. The zero-order valence-corrected chi connectivity index (χ0v) is 16.1. The fraction of sp³-hybridized carbons (Fsp3) is 0.200. The number of hydrogen-bond acceptors (Lipinski definition) is 4. The number of hydrazone groups is 1. The predicted molar refractivity (Wildman–Crippen MR) is 106 cm³/mol. The maximum atomic E-state index is 12.4. The van der Waals surface area contributed by atoms with Crippen LogP contribution in [0, 0.1) is 6.92 Å². The summed E-state index contributed by atoms with van der Waals surface area (Å²) in [6.45, 7) is 3.73. The van der Waals surface area contributed by atoms with Crippen molar-refractivity contribution in [2.24, 2.45) is 5.10 Å². The second-order valence-electron chi connectivity index (χ2n) is 5.80. The van der Waals surface area contributed by atoms with Crippen molar-refractivity contribution in [2.45, 2.75) is 26.4 Å². The van der Waals surface area contributed by atoms with E-state index in [1.807, 2.05) is 56.3 Å². The van der Waals surface area contributed by atoms with Crippen molar-refractivity contribution in [3.63, 3.8) is 0 Å². The van der Waals surface area contributed by atoms with Gasteiger partial charge in [0.15, 0.2) is 6.10 Å². The third-order valence-electron chi connectivity index (χ3n) is 3.89. The molecule has 1 heterocycles. The van der Waals surface area contributed by atoms with E-state index in [2.05, 4.69) is 26.5 Å². The third kappa shape index (κ3) is 4.14. The normalized spacial score (nSPS) is 12.4. The van der Waals surface area contributed by atoms with Crippen molar-refractivity contribution in [3.8, 4) is 5.75 Å². The number of nitrogens with zero attached hydrogens (tertiary/aromatic N) is 1. The summed E-state index contributed by atoms with van der Waals surface area (Å²) in [5.74, 6) is 1.67. The number of benzene rings is 2. The number of aryl methyl sites for hydroxylation is 1. The summed E-state index contributed by atoms with van der Waals surface area (Å²) in [6, 6.07) is 15.4. The molecule has 1 amide bonds. The number of nitrogens with one attached hydrogen (secondary N) is 1. The van der Waals surface area contributed by atoms with Crippen molar-refractivity contribution in [2.75, 3.05) is 0 Å². The Kier molecular flexibility index (Phi) is 5.73. The van der Waals surface area contributed by atoms with Gasteiger partial charge in [-0.1, -0.05) is 37.3 Å². The zero-order chi connectivity index (χ0) is 18.5. The number of rotatable bonds is 6. The Hall–Kier alpha value is -2.60. The highest BCUT2D eigenvalue weighted by atomic mass is 79.9. The van der Waals surface area contributed by atoms with Crippen LogP contribution in [0.2, 0.25) is 0 Å². The molecule has 1 aromatic heterocycles. The standard InChI is InChI=1S/C20H19BrN2O3/c1-3-17(20(24)23-22-12-15-10-8-13(2)25-15)26-18-11-9-14-6-4-5-7-16(14)19(18)21/h4-12,17H,3H2,1-2H3,(H,23,24)/t17-/m0/s1. The SMILES string of the molecule is CC[C@H](Oc1ccc2ccccc2c1Br)C(=O)NN=Cc1ccc(C)o1. The molecule has 134 valence electrons. The van der Waals surface area contributed by atoms with Crippen LogP contribution in [0.5, 0.6) is 5.75 Å². The number of furan rings is 1. The highest BCUT2D eigenvalue weighted by Gasteiger charge is 2.19. The van der Waals surface area contributed by atoms with Gasteiger partial charge in [0.25, 0.3) is 5.91 Å². The second kappa shape index (κ2) is 8.19. The molecule has 0 aliphatic rings. The topological polar surface area (TPSA) is 63.8 Å². The molecule has 6 heteroatoms. The molecule has 0 aliphatic heterocycles. The van der Waals surface area contributed by atoms with E-state index >= 15 is 0 Å². The molecule has 26 heavy (non-hydrogen) atoms. The molecule has 0 aliphatic carbocycles. The average molecular weight is 415 g/mol. The number of carbonyl (C=O) groups is 1. The lowest BCUT2D eigenvalue weighted by atomic mass is 10.1. The molecule has 1 N–H and O–H groups in total. The second-order valence-corrected chi connectivity index (χ2v) is 6.59. The summed E-state index contributed by atoms with van der Waals surface area (Å²) in [4.78, 5) is 12.4. The molecular formula is C20H19BrN2O3. The van der Waals surface area contributed by atoms with Crippen molar-refractivity contribution >= 4 is 38.8 Å². The number of ether oxygens (including phenoxy) is 1. The third-order valence-corrected chi connectivity index (χ3v) is 4.71. The Morgan fingerprint density at radius 2 is 2.08 bits per heavy atom. The zero-order valence-electron chi connectivity index (χ0n) is 14.5. The van der Waals surface area contributed by atoms with Crippen LogP contribution in [-0.2, 0) is 4.79 Å². The van der Waals surface area contributed by atoms with E-state index in [1.165, 1.54) is 6.21 Å². The largest absolute Gasteiger partial charge is 0.479 e. The van der Waals surface area contributed by atoms with Crippen LogP contribution >= 0.6 is 15.9 Å². The first-order chi connectivity index (χ1) is 12.6. The molecule has 0 saturated heterocycles. The minimum Gasteiger partial charge on any atom is -0.479 e. The molecule has 0 saturated carbocycles. The smallest absolute Gasteiger partial charge is 0.281 e. The van der Waals surface area contributed by atoms with Gasteiger partial charge in [0.2, 0.25) is 0 Å². The maximum absolute atomic E-state index is 12.4. The fourth-order valence-corrected chi connectivity index (χ4v) is 3.12. The first-order valence-corrected chi connectivity index (χ1v) is 9.11. The van der Waals surface area contributed by atoms with Gasteiger partial charge >= 0.3 is 0 Å². The van der Waals surface area contributed by atoms with Crippen LogP contribution in [-0.4, -0.2) is 18.2 Å². The van der Waals surface area contributed by atoms with Crippen molar-refractivity contribution in [1.82, 2.24) is 5.43 Å². The minimum absolute atomic E-state index is 0.313. The monoisotopic (exact) mass is 414 g/mol. The van der Waals surface area contributed by atoms with Crippen molar-refractivity contribution in [3.05, 3.63) is 64.5 Å². The highest BCUT2D eigenvalue weighted by Crippen LogP contribution is 2.33. The van der Waals surface area contributed by atoms with E-state index in [0.29, 0.717) is 17.9 Å². The Labute approximate surface area is 160 Å².